The van der Waals surface area contributed by atoms with Crippen molar-refractivity contribution in [2.75, 3.05) is 32.8 Å². The van der Waals surface area contributed by atoms with Crippen molar-refractivity contribution < 1.29 is 18.3 Å². The second-order valence-corrected chi connectivity index (χ2v) is 14.3. The summed E-state index contributed by atoms with van der Waals surface area (Å²) < 4.78 is 36.7. The fourth-order valence-corrected chi connectivity index (χ4v) is 9.84. The number of rotatable bonds is 5. The summed E-state index contributed by atoms with van der Waals surface area (Å²) >= 11 is 0. The van der Waals surface area contributed by atoms with Crippen molar-refractivity contribution >= 4 is 17.4 Å². The number of allylic oxidation sites excluding steroid dienone is 2. The van der Waals surface area contributed by atoms with E-state index in [4.69, 9.17) is 9.73 Å². The van der Waals surface area contributed by atoms with Crippen LogP contribution >= 0.6 is 0 Å². The lowest BCUT2D eigenvalue weighted by Gasteiger charge is -2.52. The van der Waals surface area contributed by atoms with Crippen LogP contribution in [0.2, 0.25) is 0 Å². The Balaban J connectivity index is 1.09. The summed E-state index contributed by atoms with van der Waals surface area (Å²) in [5.41, 5.74) is 5.20. The average Bonchev–Trinajstić information content (AvgIpc) is 3.32. The Hall–Kier alpha value is -3.77. The molecule has 0 radical (unpaired) electrons. The van der Waals surface area contributed by atoms with E-state index in [1.807, 2.05) is 18.2 Å². The Bertz CT molecular complexity index is 1690. The van der Waals surface area contributed by atoms with Crippen LogP contribution in [0.4, 0.5) is 8.78 Å². The number of dihydropyridines is 1. The Morgan fingerprint density at radius 3 is 2.78 bits per heavy atom. The number of hydrogen-bond acceptors (Lipinski definition) is 6. The zero-order valence-corrected chi connectivity index (χ0v) is 25.4. The first-order valence-electron chi connectivity index (χ1n) is 16.6. The van der Waals surface area contributed by atoms with Gasteiger partial charge in [-0.3, -0.25) is 9.69 Å². The van der Waals surface area contributed by atoms with Crippen LogP contribution in [0.3, 0.4) is 0 Å². The number of hydrogen-bond donors (Lipinski definition) is 0. The van der Waals surface area contributed by atoms with Crippen LogP contribution in [0.5, 0.6) is 0 Å². The Kier molecular flexibility index (Phi) is 6.03. The van der Waals surface area contributed by atoms with Gasteiger partial charge in [-0.15, -0.1) is 0 Å². The summed E-state index contributed by atoms with van der Waals surface area (Å²) in [7, 11) is 0. The van der Waals surface area contributed by atoms with E-state index >= 15 is 4.39 Å². The number of benzene rings is 1. The molecule has 7 nitrogen and oxygen atoms in total. The van der Waals surface area contributed by atoms with Gasteiger partial charge in [0, 0.05) is 30.3 Å². The number of fused-ring (bicyclic) bond motifs is 6. The maximum atomic E-state index is 16.3. The van der Waals surface area contributed by atoms with Crippen molar-refractivity contribution in [2.45, 2.75) is 74.5 Å². The highest BCUT2D eigenvalue weighted by atomic mass is 19.1. The van der Waals surface area contributed by atoms with Gasteiger partial charge in [0.1, 0.15) is 24.1 Å². The number of carbonyl (C=O) groups is 1. The van der Waals surface area contributed by atoms with Gasteiger partial charge in [-0.25, -0.2) is 13.8 Å². The summed E-state index contributed by atoms with van der Waals surface area (Å²) in [5.74, 6) is -0.866. The number of nitriles is 1. The molecule has 232 valence electrons. The van der Waals surface area contributed by atoms with E-state index in [0.717, 1.165) is 50.8 Å². The Morgan fingerprint density at radius 2 is 2.00 bits per heavy atom. The highest BCUT2D eigenvalue weighted by Crippen LogP contribution is 2.59. The van der Waals surface area contributed by atoms with Crippen LogP contribution in [0.15, 0.2) is 64.8 Å². The molecule has 5 aliphatic heterocycles. The third-order valence-corrected chi connectivity index (χ3v) is 12.1. The number of aliphatic imine (C=N–C) groups is 1. The molecule has 6 atom stereocenters. The van der Waals surface area contributed by atoms with Crippen molar-refractivity contribution in [3.05, 3.63) is 76.5 Å². The van der Waals surface area contributed by atoms with Crippen LogP contribution in [0.1, 0.15) is 61.1 Å². The maximum Gasteiger partial charge on any atom is 0.282 e. The van der Waals surface area contributed by atoms with Gasteiger partial charge in [0.05, 0.1) is 23.7 Å². The second kappa shape index (κ2) is 9.86. The molecule has 0 bridgehead atoms. The maximum absolute atomic E-state index is 16.3. The van der Waals surface area contributed by atoms with E-state index in [-0.39, 0.29) is 23.4 Å². The first-order chi connectivity index (χ1) is 21.9. The van der Waals surface area contributed by atoms with Crippen molar-refractivity contribution in [3.8, 4) is 6.07 Å². The standard InChI is InChI=1S/C36H37F2N5O2/c1-20(37)35(44)42-12-7-30-31(42)18-43(30)33-26-15-28(38)25(23-6-2-5-21-13-22-14-24(22)32(21)23)16-29(26)40-34(27(33)17-39)45-19-36-8-3-10-41(36)11-4-9-36/h2,5-6,15-16,22,24,26,29-31H,1,3-4,7-14,18-19H2/t22?,24?,26?,29?,30-,31-/m1/s1. The number of ether oxygens (including phenoxy) is 1. The first-order valence-corrected chi connectivity index (χ1v) is 16.6. The van der Waals surface area contributed by atoms with Gasteiger partial charge in [-0.2, -0.15) is 5.26 Å². The van der Waals surface area contributed by atoms with Gasteiger partial charge >= 0.3 is 0 Å². The molecular formula is C36H37F2N5O2. The molecule has 0 spiro atoms. The lowest BCUT2D eigenvalue weighted by Crippen LogP contribution is -2.63. The predicted octanol–water partition coefficient (Wildman–Crippen LogP) is 5.18. The molecule has 9 heteroatoms. The average molecular weight is 610 g/mol. The summed E-state index contributed by atoms with van der Waals surface area (Å²) in [6, 6.07) is 7.95. The van der Waals surface area contributed by atoms with Gasteiger partial charge in [-0.05, 0) is 98.7 Å². The fraction of sp³-hybridized carbons (Fsp3) is 0.528. The molecule has 4 unspecified atom stereocenters. The number of amides is 1. The Labute approximate surface area is 262 Å². The van der Waals surface area contributed by atoms with Crippen molar-refractivity contribution in [1.82, 2.24) is 14.7 Å². The topological polar surface area (TPSA) is 72.2 Å². The van der Waals surface area contributed by atoms with Gasteiger partial charge in [0.25, 0.3) is 5.91 Å². The van der Waals surface area contributed by atoms with Crippen LogP contribution in [0, 0.1) is 23.2 Å². The molecule has 5 heterocycles. The van der Waals surface area contributed by atoms with E-state index in [9.17, 15) is 14.4 Å². The van der Waals surface area contributed by atoms with E-state index in [2.05, 4.69) is 28.5 Å². The van der Waals surface area contributed by atoms with Gasteiger partial charge in [-0.1, -0.05) is 24.8 Å². The van der Waals surface area contributed by atoms with Gasteiger partial charge in [0.2, 0.25) is 5.90 Å². The van der Waals surface area contributed by atoms with Gasteiger partial charge in [0.15, 0.2) is 5.83 Å². The summed E-state index contributed by atoms with van der Waals surface area (Å²) in [6.07, 6.45) is 10.9. The largest absolute Gasteiger partial charge is 0.475 e. The minimum absolute atomic E-state index is 0.0198. The molecule has 1 aromatic rings. The molecule has 5 fully saturated rings. The number of halogens is 2. The molecule has 4 saturated heterocycles. The zero-order valence-electron chi connectivity index (χ0n) is 25.4. The van der Waals surface area contributed by atoms with Crippen molar-refractivity contribution in [3.63, 3.8) is 0 Å². The molecule has 1 aromatic carbocycles. The minimum atomic E-state index is -0.960. The van der Waals surface area contributed by atoms with E-state index < -0.39 is 23.7 Å². The third kappa shape index (κ3) is 4.00. The number of likely N-dealkylation sites (tertiary alicyclic amines) is 2. The van der Waals surface area contributed by atoms with Gasteiger partial charge < -0.3 is 14.5 Å². The highest BCUT2D eigenvalue weighted by molar-refractivity contribution is 6.00. The lowest BCUT2D eigenvalue weighted by atomic mass is 9.79. The molecule has 8 aliphatic rings. The van der Waals surface area contributed by atoms with Crippen LogP contribution in [0.25, 0.3) is 5.57 Å². The normalized spacial score (nSPS) is 33.6. The second-order valence-electron chi connectivity index (χ2n) is 14.3. The lowest BCUT2D eigenvalue weighted by molar-refractivity contribution is -0.132. The monoisotopic (exact) mass is 609 g/mol. The molecule has 0 N–H and O–H groups in total. The first kappa shape index (κ1) is 27.5. The molecule has 3 aliphatic carbocycles. The van der Waals surface area contributed by atoms with Crippen molar-refractivity contribution in [2.24, 2.45) is 16.8 Å². The summed E-state index contributed by atoms with van der Waals surface area (Å²) in [4.78, 5) is 23.8. The highest BCUT2D eigenvalue weighted by Gasteiger charge is 2.54. The molecular weight excluding hydrogens is 572 g/mol. The van der Waals surface area contributed by atoms with E-state index in [1.165, 1.54) is 17.5 Å². The Morgan fingerprint density at radius 1 is 1.18 bits per heavy atom. The number of carbonyl (C=O) groups excluding carboxylic acids is 1. The van der Waals surface area contributed by atoms with E-state index in [1.54, 1.807) is 11.0 Å². The molecule has 1 saturated carbocycles. The van der Waals surface area contributed by atoms with Crippen molar-refractivity contribution in [1.29, 1.82) is 5.26 Å². The quantitative estimate of drug-likeness (QED) is 0.430. The molecule has 1 amide bonds. The van der Waals surface area contributed by atoms with Crippen LogP contribution in [-0.2, 0) is 16.0 Å². The summed E-state index contributed by atoms with van der Waals surface area (Å²) in [5, 5.41) is 10.6. The van der Waals surface area contributed by atoms with Crippen LogP contribution < -0.4 is 0 Å². The SMILES string of the molecule is C=C(F)C(=O)N1CC[C@@H]2[C@H]1CN2C1=C(C#N)C(OCC23CCCN2CCC3)=NC2C=C(c3cccc4c3C3CC3C4)C(F)=CC12. The number of nitrogens with zero attached hydrogens (tertiary/aromatic N) is 5. The zero-order chi connectivity index (χ0) is 30.6. The smallest absolute Gasteiger partial charge is 0.282 e. The van der Waals surface area contributed by atoms with E-state index in [0.29, 0.717) is 60.7 Å². The molecule has 9 rings (SSSR count). The molecule has 0 aromatic heterocycles. The minimum Gasteiger partial charge on any atom is -0.475 e. The van der Waals surface area contributed by atoms with Crippen LogP contribution in [-0.4, -0.2) is 83.0 Å². The third-order valence-electron chi connectivity index (χ3n) is 12.1. The fourth-order valence-electron chi connectivity index (χ4n) is 9.84. The summed E-state index contributed by atoms with van der Waals surface area (Å²) in [6.45, 7) is 6.70. The predicted molar refractivity (Wildman–Crippen MR) is 165 cm³/mol. The molecule has 45 heavy (non-hydrogen) atoms.